The Morgan fingerprint density at radius 3 is 2.49 bits per heavy atom. The molecule has 10 nitrogen and oxygen atoms in total. The molecule has 2 aliphatic heterocycles. The molecule has 0 unspecified atom stereocenters. The molecule has 2 aromatic rings. The van der Waals surface area contributed by atoms with Crippen molar-refractivity contribution in [1.29, 1.82) is 0 Å². The van der Waals surface area contributed by atoms with Crippen LogP contribution >= 0.6 is 0 Å². The second-order valence-electron chi connectivity index (χ2n) is 10.5. The smallest absolute Gasteiger partial charge is 0.231 e. The molecule has 0 amide bonds. The first-order valence-electron chi connectivity index (χ1n) is 13.8. The number of hydrogen-bond acceptors (Lipinski definition) is 10. The highest BCUT2D eigenvalue weighted by molar-refractivity contribution is 5.76. The predicted octanol–water partition coefficient (Wildman–Crippen LogP) is 3.69. The summed E-state index contributed by atoms with van der Waals surface area (Å²) in [4.78, 5) is 14.0. The van der Waals surface area contributed by atoms with Crippen LogP contribution in [-0.4, -0.2) is 74.0 Å². The van der Waals surface area contributed by atoms with Gasteiger partial charge >= 0.3 is 0 Å². The molecule has 3 heterocycles. The molecule has 0 bridgehead atoms. The number of morpholine rings is 1. The van der Waals surface area contributed by atoms with Gasteiger partial charge in [0, 0.05) is 50.5 Å². The van der Waals surface area contributed by atoms with E-state index < -0.39 is 0 Å². The molecule has 3 fully saturated rings. The lowest BCUT2D eigenvalue weighted by atomic mass is 9.95. The molecule has 10 heteroatoms. The van der Waals surface area contributed by atoms with Crippen LogP contribution < -0.4 is 31.7 Å². The number of ether oxygens (including phenoxy) is 2. The minimum absolute atomic E-state index is 0.270. The first-order chi connectivity index (χ1) is 18.1. The lowest BCUT2D eigenvalue weighted by molar-refractivity contribution is 0.0289. The molecular formula is C27H42N8O2. The topological polar surface area (TPSA) is 127 Å². The zero-order valence-corrected chi connectivity index (χ0v) is 22.0. The van der Waals surface area contributed by atoms with Crippen molar-refractivity contribution >= 4 is 34.6 Å². The van der Waals surface area contributed by atoms with Gasteiger partial charge in [0.1, 0.15) is 11.4 Å². The Bertz CT molecular complexity index is 1030. The molecule has 5 rings (SSSR count). The van der Waals surface area contributed by atoms with Gasteiger partial charge < -0.3 is 36.5 Å². The summed E-state index contributed by atoms with van der Waals surface area (Å²) in [6, 6.07) is 6.62. The van der Waals surface area contributed by atoms with Crippen molar-refractivity contribution in [3.63, 3.8) is 0 Å². The number of hydrogen-bond donors (Lipinski definition) is 4. The van der Waals surface area contributed by atoms with Crippen LogP contribution in [0.4, 0.5) is 34.6 Å². The van der Waals surface area contributed by atoms with Gasteiger partial charge in [-0.15, -0.1) is 0 Å². The van der Waals surface area contributed by atoms with Crippen LogP contribution in [0.15, 0.2) is 18.2 Å². The van der Waals surface area contributed by atoms with Gasteiger partial charge in [-0.1, -0.05) is 19.3 Å². The first kappa shape index (κ1) is 25.7. The number of rotatable bonds is 8. The number of nitrogen functional groups attached to an aromatic ring is 2. The first-order valence-corrected chi connectivity index (χ1v) is 13.8. The van der Waals surface area contributed by atoms with Crippen LogP contribution in [0, 0.1) is 5.92 Å². The van der Waals surface area contributed by atoms with Crippen LogP contribution in [-0.2, 0) is 4.74 Å². The lowest BCUT2D eigenvalue weighted by Crippen LogP contribution is -2.42. The highest BCUT2D eigenvalue weighted by atomic mass is 16.5. The van der Waals surface area contributed by atoms with Crippen LogP contribution in [0.5, 0.6) is 5.75 Å². The minimum Gasteiger partial charge on any atom is -0.494 e. The van der Waals surface area contributed by atoms with E-state index >= 15 is 0 Å². The largest absolute Gasteiger partial charge is 0.494 e. The summed E-state index contributed by atoms with van der Waals surface area (Å²) < 4.78 is 11.2. The summed E-state index contributed by atoms with van der Waals surface area (Å²) in [6.07, 6.45) is 8.37. The molecule has 37 heavy (non-hydrogen) atoms. The Morgan fingerprint density at radius 1 is 1.00 bits per heavy atom. The van der Waals surface area contributed by atoms with E-state index in [0.717, 1.165) is 69.6 Å². The number of nitrogens with zero attached hydrogens (tertiary/aromatic N) is 4. The zero-order valence-electron chi connectivity index (χ0n) is 22.0. The van der Waals surface area contributed by atoms with Crippen LogP contribution in [0.3, 0.4) is 0 Å². The van der Waals surface area contributed by atoms with Gasteiger partial charge in [-0.05, 0) is 43.7 Å². The third-order valence-electron chi connectivity index (χ3n) is 7.95. The van der Waals surface area contributed by atoms with Crippen molar-refractivity contribution in [2.24, 2.45) is 5.92 Å². The highest BCUT2D eigenvalue weighted by Crippen LogP contribution is 2.35. The van der Waals surface area contributed by atoms with Crippen molar-refractivity contribution in [3.8, 4) is 5.75 Å². The van der Waals surface area contributed by atoms with Gasteiger partial charge in [0.2, 0.25) is 5.95 Å². The minimum atomic E-state index is 0.270. The van der Waals surface area contributed by atoms with E-state index in [1.54, 1.807) is 7.11 Å². The molecule has 0 radical (unpaired) electrons. The van der Waals surface area contributed by atoms with Gasteiger partial charge in [0.15, 0.2) is 11.6 Å². The molecule has 202 valence electrons. The second kappa shape index (κ2) is 12.0. The molecule has 0 atom stereocenters. The van der Waals surface area contributed by atoms with Crippen LogP contribution in [0.1, 0.15) is 44.9 Å². The zero-order chi connectivity index (χ0) is 25.6. The number of aromatic nitrogens is 2. The van der Waals surface area contributed by atoms with Crippen molar-refractivity contribution in [2.75, 3.05) is 80.0 Å². The lowest BCUT2D eigenvalue weighted by Gasteiger charge is -2.37. The summed E-state index contributed by atoms with van der Waals surface area (Å²) >= 11 is 0. The summed E-state index contributed by atoms with van der Waals surface area (Å²) in [7, 11) is 1.69. The molecule has 2 saturated heterocycles. The van der Waals surface area contributed by atoms with Crippen molar-refractivity contribution < 1.29 is 9.47 Å². The number of piperidine rings is 1. The Hall–Kier alpha value is -2.98. The highest BCUT2D eigenvalue weighted by Gasteiger charge is 2.23. The normalized spacial score (nSPS) is 20.1. The van der Waals surface area contributed by atoms with E-state index in [1.807, 2.05) is 6.07 Å². The number of nitrogens with two attached hydrogens (primary N) is 2. The van der Waals surface area contributed by atoms with E-state index in [-0.39, 0.29) is 5.82 Å². The van der Waals surface area contributed by atoms with E-state index in [0.29, 0.717) is 23.5 Å². The van der Waals surface area contributed by atoms with Crippen molar-refractivity contribution in [3.05, 3.63) is 18.2 Å². The number of anilines is 6. The molecular weight excluding hydrogens is 468 g/mol. The van der Waals surface area contributed by atoms with Gasteiger partial charge in [-0.25, -0.2) is 0 Å². The maximum absolute atomic E-state index is 6.20. The number of nitrogens with one attached hydrogen (secondary N) is 2. The molecule has 1 saturated carbocycles. The summed E-state index contributed by atoms with van der Waals surface area (Å²) in [5.41, 5.74) is 14.7. The van der Waals surface area contributed by atoms with Crippen LogP contribution in [0.25, 0.3) is 0 Å². The fraction of sp³-hybridized carbons (Fsp3) is 0.630. The summed E-state index contributed by atoms with van der Waals surface area (Å²) in [6.45, 7) is 7.15. The monoisotopic (exact) mass is 510 g/mol. The third-order valence-corrected chi connectivity index (χ3v) is 7.95. The molecule has 1 aromatic heterocycles. The maximum Gasteiger partial charge on any atom is 0.231 e. The quantitative estimate of drug-likeness (QED) is 0.418. The molecule has 0 spiro atoms. The Labute approximate surface area is 220 Å². The van der Waals surface area contributed by atoms with E-state index in [2.05, 4.69) is 42.5 Å². The van der Waals surface area contributed by atoms with Gasteiger partial charge in [0.25, 0.3) is 0 Å². The number of benzene rings is 1. The predicted molar refractivity (Wildman–Crippen MR) is 150 cm³/mol. The summed E-state index contributed by atoms with van der Waals surface area (Å²) in [5.74, 6) is 2.76. The third kappa shape index (κ3) is 6.48. The molecule has 1 aliphatic carbocycles. The Kier molecular flexibility index (Phi) is 8.35. The maximum atomic E-state index is 6.20. The standard InChI is InChI=1S/C27H42N8O2/c1-36-23-17-21(35-11-9-19(10-12-35)18-34-13-15-37-16-14-34)7-8-22(23)31-27-32-25(29)24(28)26(33-27)30-20-5-3-2-4-6-20/h7-8,17,19-20H,2-6,9-16,18,28H2,1H3,(H4,29,30,31,32,33). The Balaban J connectivity index is 1.22. The molecule has 3 aliphatic rings. The van der Waals surface area contributed by atoms with Crippen molar-refractivity contribution in [1.82, 2.24) is 14.9 Å². The molecule has 1 aromatic carbocycles. The average Bonchev–Trinajstić information content (AvgIpc) is 2.93. The Morgan fingerprint density at radius 2 is 1.76 bits per heavy atom. The van der Waals surface area contributed by atoms with E-state index in [1.165, 1.54) is 44.3 Å². The van der Waals surface area contributed by atoms with Crippen molar-refractivity contribution in [2.45, 2.75) is 51.0 Å². The van der Waals surface area contributed by atoms with Crippen LogP contribution in [0.2, 0.25) is 0 Å². The number of methoxy groups -OCH3 is 1. The van der Waals surface area contributed by atoms with Gasteiger partial charge in [-0.2, -0.15) is 9.97 Å². The average molecular weight is 511 g/mol. The fourth-order valence-electron chi connectivity index (χ4n) is 5.72. The van der Waals surface area contributed by atoms with E-state index in [4.69, 9.17) is 20.9 Å². The SMILES string of the molecule is COc1cc(N2CCC(CN3CCOCC3)CC2)ccc1Nc1nc(N)c(N)c(NC2CCCCC2)n1. The summed E-state index contributed by atoms with van der Waals surface area (Å²) in [5, 5.41) is 6.78. The van der Waals surface area contributed by atoms with Gasteiger partial charge in [0.05, 0.1) is 26.0 Å². The van der Waals surface area contributed by atoms with E-state index in [9.17, 15) is 0 Å². The second-order valence-corrected chi connectivity index (χ2v) is 10.5. The van der Waals surface area contributed by atoms with Gasteiger partial charge in [-0.3, -0.25) is 4.90 Å². The molecule has 6 N–H and O–H groups in total. The fourth-order valence-corrected chi connectivity index (χ4v) is 5.72.